The maximum absolute atomic E-state index is 12.2. The molecule has 1 aromatic heterocycles. The summed E-state index contributed by atoms with van der Waals surface area (Å²) in [6, 6.07) is 1.97. The number of carbonyl (C=O) groups excluding carboxylic acids is 1. The molecule has 8 nitrogen and oxygen atoms in total. The van der Waals surface area contributed by atoms with Gasteiger partial charge < -0.3 is 25.2 Å². The number of piperazine rings is 1. The van der Waals surface area contributed by atoms with E-state index in [-0.39, 0.29) is 11.9 Å². The summed E-state index contributed by atoms with van der Waals surface area (Å²) in [7, 11) is 0. The van der Waals surface area contributed by atoms with Gasteiger partial charge in [-0.2, -0.15) is 4.98 Å². The molecule has 0 aliphatic carbocycles. The first-order valence-corrected chi connectivity index (χ1v) is 8.68. The van der Waals surface area contributed by atoms with Crippen LogP contribution in [0.5, 0.6) is 0 Å². The minimum Gasteiger partial charge on any atom is -0.377 e. The van der Waals surface area contributed by atoms with Crippen molar-refractivity contribution in [2.45, 2.75) is 19.9 Å². The lowest BCUT2D eigenvalue weighted by Gasteiger charge is -2.34. The second kappa shape index (κ2) is 7.76. The molecule has 0 aromatic carbocycles. The number of ether oxygens (including phenoxy) is 1. The van der Waals surface area contributed by atoms with Gasteiger partial charge in [-0.3, -0.25) is 4.79 Å². The Hall–Kier alpha value is -1.93. The van der Waals surface area contributed by atoms with Gasteiger partial charge in [0.1, 0.15) is 11.5 Å². The fourth-order valence-corrected chi connectivity index (χ4v) is 2.81. The number of anilines is 2. The fraction of sp³-hybridized carbons (Fsp3) is 0.688. The van der Waals surface area contributed by atoms with Gasteiger partial charge in [0.2, 0.25) is 5.95 Å². The number of nitrogens with zero attached hydrogens (tertiary/aromatic N) is 4. The maximum atomic E-state index is 12.2. The summed E-state index contributed by atoms with van der Waals surface area (Å²) in [6.07, 6.45) is 0. The van der Waals surface area contributed by atoms with E-state index < -0.39 is 0 Å². The van der Waals surface area contributed by atoms with Gasteiger partial charge in [0.25, 0.3) is 5.91 Å². The third-order valence-corrected chi connectivity index (χ3v) is 4.38. The summed E-state index contributed by atoms with van der Waals surface area (Å²) in [5, 5.41) is 6.13. The molecule has 8 heteroatoms. The third-order valence-electron chi connectivity index (χ3n) is 4.38. The van der Waals surface area contributed by atoms with Crippen molar-refractivity contribution < 1.29 is 9.53 Å². The maximum Gasteiger partial charge on any atom is 0.270 e. The largest absolute Gasteiger partial charge is 0.377 e. The number of rotatable bonds is 6. The van der Waals surface area contributed by atoms with Gasteiger partial charge in [0.05, 0.1) is 19.3 Å². The molecule has 0 radical (unpaired) electrons. The predicted molar refractivity (Wildman–Crippen MR) is 92.6 cm³/mol. The Morgan fingerprint density at radius 1 is 1.25 bits per heavy atom. The number of hydrogen-bond acceptors (Lipinski definition) is 7. The molecule has 0 saturated carbocycles. The summed E-state index contributed by atoms with van der Waals surface area (Å²) in [4.78, 5) is 25.9. The lowest BCUT2D eigenvalue weighted by Crippen LogP contribution is -2.47. The Morgan fingerprint density at radius 2 is 2.00 bits per heavy atom. The van der Waals surface area contributed by atoms with Crippen LogP contribution in [-0.4, -0.2) is 79.3 Å². The molecule has 2 N–H and O–H groups in total. The number of nitrogens with one attached hydrogen (secondary N) is 2. The van der Waals surface area contributed by atoms with Crippen molar-refractivity contribution in [2.75, 3.05) is 62.7 Å². The van der Waals surface area contributed by atoms with Gasteiger partial charge in [-0.25, -0.2) is 4.98 Å². The smallest absolute Gasteiger partial charge is 0.270 e. The number of amides is 1. The second-order valence-electron chi connectivity index (χ2n) is 6.10. The van der Waals surface area contributed by atoms with Gasteiger partial charge in [0.15, 0.2) is 0 Å². The van der Waals surface area contributed by atoms with Gasteiger partial charge in [0, 0.05) is 38.8 Å². The first kappa shape index (κ1) is 16.9. The van der Waals surface area contributed by atoms with E-state index in [0.717, 1.165) is 32.7 Å². The fourth-order valence-electron chi connectivity index (χ4n) is 2.81. The normalized spacial score (nSPS) is 19.0. The van der Waals surface area contributed by atoms with Crippen LogP contribution in [0.3, 0.4) is 0 Å². The summed E-state index contributed by atoms with van der Waals surface area (Å²) in [6.45, 7) is 10.8. The Morgan fingerprint density at radius 3 is 2.58 bits per heavy atom. The summed E-state index contributed by atoms with van der Waals surface area (Å²) < 4.78 is 5.19. The van der Waals surface area contributed by atoms with E-state index >= 15 is 0 Å². The van der Waals surface area contributed by atoms with Crippen molar-refractivity contribution in [3.63, 3.8) is 0 Å². The monoisotopic (exact) mass is 334 g/mol. The van der Waals surface area contributed by atoms with Crippen LogP contribution in [-0.2, 0) is 4.74 Å². The van der Waals surface area contributed by atoms with E-state index in [4.69, 9.17) is 4.74 Å². The van der Waals surface area contributed by atoms with Crippen LogP contribution in [0.15, 0.2) is 6.07 Å². The molecule has 0 bridgehead atoms. The minimum atomic E-state index is -0.166. The van der Waals surface area contributed by atoms with Crippen molar-refractivity contribution in [1.82, 2.24) is 20.2 Å². The van der Waals surface area contributed by atoms with Crippen LogP contribution in [0.25, 0.3) is 0 Å². The number of hydrogen-bond donors (Lipinski definition) is 2. The highest BCUT2D eigenvalue weighted by molar-refractivity contribution is 5.93. The summed E-state index contributed by atoms with van der Waals surface area (Å²) in [5.74, 6) is 1.14. The lowest BCUT2D eigenvalue weighted by molar-refractivity contribution is 0.0209. The zero-order valence-electron chi connectivity index (χ0n) is 14.4. The summed E-state index contributed by atoms with van der Waals surface area (Å²) >= 11 is 0. The van der Waals surface area contributed by atoms with E-state index in [0.29, 0.717) is 37.2 Å². The molecule has 0 atom stereocenters. The molecule has 3 heterocycles. The van der Waals surface area contributed by atoms with Gasteiger partial charge >= 0.3 is 0 Å². The van der Waals surface area contributed by atoms with Crippen molar-refractivity contribution in [2.24, 2.45) is 0 Å². The highest BCUT2D eigenvalue weighted by Gasteiger charge is 2.23. The lowest BCUT2D eigenvalue weighted by atomic mass is 10.2. The quantitative estimate of drug-likeness (QED) is 0.768. The van der Waals surface area contributed by atoms with Crippen molar-refractivity contribution in [1.29, 1.82) is 0 Å². The Labute approximate surface area is 142 Å². The average molecular weight is 334 g/mol. The SMILES string of the molecule is CCNC(=O)c1cc(NC2COC2)nc(N2CCN(CC)CC2)n1. The second-order valence-corrected chi connectivity index (χ2v) is 6.10. The molecule has 3 rings (SSSR count). The molecule has 1 aromatic rings. The van der Waals surface area contributed by atoms with Crippen LogP contribution < -0.4 is 15.5 Å². The molecular formula is C16H26N6O2. The third kappa shape index (κ3) is 3.93. The van der Waals surface area contributed by atoms with Gasteiger partial charge in [-0.1, -0.05) is 6.92 Å². The van der Waals surface area contributed by atoms with E-state index in [2.05, 4.69) is 37.3 Å². The summed E-state index contributed by atoms with van der Waals surface area (Å²) in [5.41, 5.74) is 0.405. The van der Waals surface area contributed by atoms with Gasteiger partial charge in [-0.15, -0.1) is 0 Å². The van der Waals surface area contributed by atoms with Crippen LogP contribution in [0.4, 0.5) is 11.8 Å². The molecule has 2 aliphatic heterocycles. The first-order chi connectivity index (χ1) is 11.7. The standard InChI is InChI=1S/C16H26N6O2/c1-3-17-15(23)13-9-14(18-12-10-24-11-12)20-16(19-13)22-7-5-21(4-2)6-8-22/h9,12H,3-8,10-11H2,1-2H3,(H,17,23)(H,18,19,20). The zero-order chi connectivity index (χ0) is 16.9. The van der Waals surface area contributed by atoms with E-state index in [1.165, 1.54) is 0 Å². The minimum absolute atomic E-state index is 0.166. The number of carbonyl (C=O) groups is 1. The Balaban J connectivity index is 1.79. The van der Waals surface area contributed by atoms with Crippen LogP contribution in [0, 0.1) is 0 Å². The van der Waals surface area contributed by atoms with E-state index in [9.17, 15) is 4.79 Å². The molecule has 0 unspecified atom stereocenters. The predicted octanol–water partition coefficient (Wildman–Crippen LogP) is 0.179. The van der Waals surface area contributed by atoms with E-state index in [1.807, 2.05) is 6.92 Å². The molecule has 24 heavy (non-hydrogen) atoms. The molecule has 132 valence electrons. The van der Waals surface area contributed by atoms with Crippen LogP contribution in [0.2, 0.25) is 0 Å². The average Bonchev–Trinajstić information content (AvgIpc) is 2.58. The van der Waals surface area contributed by atoms with Crippen molar-refractivity contribution in [3.05, 3.63) is 11.8 Å². The highest BCUT2D eigenvalue weighted by Crippen LogP contribution is 2.18. The number of aromatic nitrogens is 2. The topological polar surface area (TPSA) is 82.6 Å². The number of likely N-dealkylation sites (N-methyl/N-ethyl adjacent to an activating group) is 1. The first-order valence-electron chi connectivity index (χ1n) is 8.68. The van der Waals surface area contributed by atoms with E-state index in [1.54, 1.807) is 6.07 Å². The highest BCUT2D eigenvalue weighted by atomic mass is 16.5. The van der Waals surface area contributed by atoms with Crippen LogP contribution >= 0.6 is 0 Å². The molecule has 2 aliphatic rings. The van der Waals surface area contributed by atoms with Gasteiger partial charge in [-0.05, 0) is 13.5 Å². The molecular weight excluding hydrogens is 308 g/mol. The molecule has 2 saturated heterocycles. The Bertz CT molecular complexity index is 570. The molecule has 1 amide bonds. The molecule has 2 fully saturated rings. The van der Waals surface area contributed by atoms with Crippen molar-refractivity contribution in [3.8, 4) is 0 Å². The molecule has 0 spiro atoms. The van der Waals surface area contributed by atoms with Crippen molar-refractivity contribution >= 4 is 17.7 Å². The van der Waals surface area contributed by atoms with Crippen LogP contribution in [0.1, 0.15) is 24.3 Å². The zero-order valence-corrected chi connectivity index (χ0v) is 14.4. The Kier molecular flexibility index (Phi) is 5.47.